The summed E-state index contributed by atoms with van der Waals surface area (Å²) in [5.41, 5.74) is 0. The Morgan fingerprint density at radius 3 is 1.90 bits per heavy atom. The fraction of sp³-hybridized carbons (Fsp3) is 1.00. The SMILES string of the molecule is CC1CCN(C2CC3CN(C4CN(C)C4)CC3C2)CC1. The van der Waals surface area contributed by atoms with Gasteiger partial charge in [-0.15, -0.1) is 0 Å². The largest absolute Gasteiger partial charge is 0.303 e. The van der Waals surface area contributed by atoms with Crippen molar-refractivity contribution in [2.45, 2.75) is 44.7 Å². The zero-order valence-corrected chi connectivity index (χ0v) is 13.3. The molecule has 3 saturated heterocycles. The summed E-state index contributed by atoms with van der Waals surface area (Å²) >= 11 is 0. The first-order chi connectivity index (χ1) is 9.69. The molecule has 3 aliphatic heterocycles. The van der Waals surface area contributed by atoms with Crippen molar-refractivity contribution < 1.29 is 0 Å². The molecule has 2 atom stereocenters. The van der Waals surface area contributed by atoms with E-state index in [2.05, 4.69) is 28.7 Å². The number of hydrogen-bond acceptors (Lipinski definition) is 3. The van der Waals surface area contributed by atoms with Crippen molar-refractivity contribution in [1.29, 1.82) is 0 Å². The van der Waals surface area contributed by atoms with Crippen LogP contribution in [0, 0.1) is 17.8 Å². The first-order valence-electron chi connectivity index (χ1n) is 8.85. The molecule has 3 nitrogen and oxygen atoms in total. The van der Waals surface area contributed by atoms with Crippen LogP contribution in [0.3, 0.4) is 0 Å². The first-order valence-corrected chi connectivity index (χ1v) is 8.85. The summed E-state index contributed by atoms with van der Waals surface area (Å²) in [5, 5.41) is 0. The third-order valence-corrected chi connectivity index (χ3v) is 6.65. The van der Waals surface area contributed by atoms with Crippen LogP contribution in [0.4, 0.5) is 0 Å². The van der Waals surface area contributed by atoms with Crippen molar-refractivity contribution in [1.82, 2.24) is 14.7 Å². The molecule has 0 amide bonds. The zero-order valence-electron chi connectivity index (χ0n) is 13.3. The van der Waals surface area contributed by atoms with E-state index in [1.807, 2.05) is 0 Å². The molecule has 0 bridgehead atoms. The molecule has 2 unspecified atom stereocenters. The van der Waals surface area contributed by atoms with Crippen LogP contribution in [0.25, 0.3) is 0 Å². The Labute approximate surface area is 124 Å². The third-order valence-electron chi connectivity index (χ3n) is 6.65. The molecule has 1 saturated carbocycles. The van der Waals surface area contributed by atoms with Gasteiger partial charge in [0.05, 0.1) is 0 Å². The fourth-order valence-electron chi connectivity index (χ4n) is 5.19. The lowest BCUT2D eigenvalue weighted by Crippen LogP contribution is -2.57. The van der Waals surface area contributed by atoms with Crippen LogP contribution >= 0.6 is 0 Å². The van der Waals surface area contributed by atoms with Gasteiger partial charge in [0, 0.05) is 38.3 Å². The normalized spacial score (nSPS) is 42.0. The van der Waals surface area contributed by atoms with Gasteiger partial charge in [0.1, 0.15) is 0 Å². The molecule has 0 radical (unpaired) electrons. The molecule has 20 heavy (non-hydrogen) atoms. The quantitative estimate of drug-likeness (QED) is 0.761. The summed E-state index contributed by atoms with van der Waals surface area (Å²) < 4.78 is 0. The van der Waals surface area contributed by atoms with E-state index < -0.39 is 0 Å². The van der Waals surface area contributed by atoms with Crippen LogP contribution in [0.5, 0.6) is 0 Å². The minimum atomic E-state index is 0.889. The maximum atomic E-state index is 2.83. The second-order valence-corrected chi connectivity index (χ2v) is 8.19. The van der Waals surface area contributed by atoms with Crippen LogP contribution in [-0.2, 0) is 0 Å². The maximum Gasteiger partial charge on any atom is 0.0350 e. The van der Waals surface area contributed by atoms with Crippen molar-refractivity contribution in [3.05, 3.63) is 0 Å². The predicted molar refractivity (Wildman–Crippen MR) is 82.8 cm³/mol. The second kappa shape index (κ2) is 5.26. The number of fused-ring (bicyclic) bond motifs is 1. The van der Waals surface area contributed by atoms with Gasteiger partial charge in [0.25, 0.3) is 0 Å². The summed E-state index contributed by atoms with van der Waals surface area (Å²) in [7, 11) is 2.25. The smallest absolute Gasteiger partial charge is 0.0350 e. The van der Waals surface area contributed by atoms with Crippen molar-refractivity contribution in [3.8, 4) is 0 Å². The van der Waals surface area contributed by atoms with Gasteiger partial charge >= 0.3 is 0 Å². The molecule has 0 aromatic carbocycles. The summed E-state index contributed by atoms with van der Waals surface area (Å²) in [5.74, 6) is 3.01. The molecule has 0 aromatic heterocycles. The minimum Gasteiger partial charge on any atom is -0.303 e. The van der Waals surface area contributed by atoms with E-state index in [-0.39, 0.29) is 0 Å². The summed E-state index contributed by atoms with van der Waals surface area (Å²) in [4.78, 5) is 8.10. The van der Waals surface area contributed by atoms with Gasteiger partial charge in [-0.1, -0.05) is 6.92 Å². The van der Waals surface area contributed by atoms with Crippen LogP contribution in [0.1, 0.15) is 32.6 Å². The molecule has 4 aliphatic rings. The van der Waals surface area contributed by atoms with Crippen LogP contribution in [0.15, 0.2) is 0 Å². The molecule has 1 aliphatic carbocycles. The highest BCUT2D eigenvalue weighted by Crippen LogP contribution is 2.42. The molecule has 0 aromatic rings. The number of likely N-dealkylation sites (tertiary alicyclic amines) is 3. The average molecular weight is 277 g/mol. The molecule has 0 spiro atoms. The third kappa shape index (κ3) is 2.42. The van der Waals surface area contributed by atoms with Crippen LogP contribution in [-0.4, -0.2) is 73.1 Å². The van der Waals surface area contributed by atoms with Crippen molar-refractivity contribution >= 4 is 0 Å². The van der Waals surface area contributed by atoms with E-state index in [1.54, 1.807) is 0 Å². The summed E-state index contributed by atoms with van der Waals surface area (Å²) in [6.07, 6.45) is 5.87. The van der Waals surface area contributed by atoms with Gasteiger partial charge in [-0.25, -0.2) is 0 Å². The molecule has 4 fully saturated rings. The molecule has 4 rings (SSSR count). The Kier molecular flexibility index (Phi) is 3.56. The van der Waals surface area contributed by atoms with Crippen LogP contribution < -0.4 is 0 Å². The number of rotatable bonds is 2. The predicted octanol–water partition coefficient (Wildman–Crippen LogP) is 1.74. The van der Waals surface area contributed by atoms with Crippen molar-refractivity contribution in [2.24, 2.45) is 17.8 Å². The lowest BCUT2D eigenvalue weighted by molar-refractivity contribution is 0.0588. The standard InChI is InChI=1S/C17H31N3/c1-13-3-5-19(6-4-13)16-7-14-9-20(10-15(14)8-16)17-11-18(2)12-17/h13-17H,3-12H2,1-2H3. The molecule has 0 N–H and O–H groups in total. The molecular formula is C17H31N3. The molecular weight excluding hydrogens is 246 g/mol. The van der Waals surface area contributed by atoms with E-state index >= 15 is 0 Å². The molecule has 3 heteroatoms. The monoisotopic (exact) mass is 277 g/mol. The van der Waals surface area contributed by atoms with E-state index in [4.69, 9.17) is 0 Å². The summed E-state index contributed by atoms with van der Waals surface area (Å²) in [6.45, 7) is 10.6. The topological polar surface area (TPSA) is 9.72 Å². The van der Waals surface area contributed by atoms with Gasteiger partial charge in [-0.3, -0.25) is 4.90 Å². The van der Waals surface area contributed by atoms with Gasteiger partial charge in [0.15, 0.2) is 0 Å². The first kappa shape index (κ1) is 13.5. The molecule has 114 valence electrons. The maximum absolute atomic E-state index is 2.83. The minimum absolute atomic E-state index is 0.889. The fourth-order valence-corrected chi connectivity index (χ4v) is 5.19. The average Bonchev–Trinajstić information content (AvgIpc) is 2.94. The molecule has 3 heterocycles. The van der Waals surface area contributed by atoms with Gasteiger partial charge in [-0.2, -0.15) is 0 Å². The van der Waals surface area contributed by atoms with E-state index in [0.717, 1.165) is 29.8 Å². The highest BCUT2D eigenvalue weighted by molar-refractivity contribution is 5.00. The van der Waals surface area contributed by atoms with Gasteiger partial charge < -0.3 is 9.80 Å². The highest BCUT2D eigenvalue weighted by atomic mass is 15.3. The Morgan fingerprint density at radius 2 is 1.35 bits per heavy atom. The highest BCUT2D eigenvalue weighted by Gasteiger charge is 2.45. The van der Waals surface area contributed by atoms with Crippen molar-refractivity contribution in [2.75, 3.05) is 46.3 Å². The van der Waals surface area contributed by atoms with Gasteiger partial charge in [0.2, 0.25) is 0 Å². The Morgan fingerprint density at radius 1 is 0.750 bits per heavy atom. The number of piperidine rings is 1. The number of nitrogens with zero attached hydrogens (tertiary/aromatic N) is 3. The lowest BCUT2D eigenvalue weighted by Gasteiger charge is -2.42. The number of hydrogen-bond donors (Lipinski definition) is 0. The Hall–Kier alpha value is -0.120. The zero-order chi connectivity index (χ0) is 13.7. The van der Waals surface area contributed by atoms with E-state index in [9.17, 15) is 0 Å². The second-order valence-electron chi connectivity index (χ2n) is 8.19. The van der Waals surface area contributed by atoms with E-state index in [1.165, 1.54) is 65.0 Å². The van der Waals surface area contributed by atoms with Crippen molar-refractivity contribution in [3.63, 3.8) is 0 Å². The van der Waals surface area contributed by atoms with E-state index in [0.29, 0.717) is 0 Å². The Bertz CT molecular complexity index is 330. The Balaban J connectivity index is 1.28. The van der Waals surface area contributed by atoms with Gasteiger partial charge in [-0.05, 0) is 63.6 Å². The lowest BCUT2D eigenvalue weighted by atomic mass is 9.97. The number of likely N-dealkylation sites (N-methyl/N-ethyl adjacent to an activating group) is 1. The summed E-state index contributed by atoms with van der Waals surface area (Å²) in [6, 6.07) is 1.82. The van der Waals surface area contributed by atoms with Crippen LogP contribution in [0.2, 0.25) is 0 Å².